The first-order chi connectivity index (χ1) is 7.56. The highest BCUT2D eigenvalue weighted by Crippen LogP contribution is 2.38. The molecule has 1 rings (SSSR count). The lowest BCUT2D eigenvalue weighted by atomic mass is 10.1. The summed E-state index contributed by atoms with van der Waals surface area (Å²) in [5, 5.41) is 9.16. The Hall–Kier alpha value is -1.42. The van der Waals surface area contributed by atoms with E-state index in [-0.39, 0.29) is 6.73 Å². The Morgan fingerprint density at radius 3 is 2.25 bits per heavy atom. The highest BCUT2D eigenvalue weighted by Gasteiger charge is 2.16. The van der Waals surface area contributed by atoms with Crippen LogP contribution in [0.5, 0.6) is 11.5 Å². The molecule has 0 aliphatic carbocycles. The van der Waals surface area contributed by atoms with Crippen LogP contribution in [-0.2, 0) is 0 Å². The summed E-state index contributed by atoms with van der Waals surface area (Å²) in [6.07, 6.45) is 0. The normalized spacial score (nSPS) is 10.1. The lowest BCUT2D eigenvalue weighted by Crippen LogP contribution is -2.19. The Morgan fingerprint density at radius 2 is 1.81 bits per heavy atom. The molecule has 0 saturated heterocycles. The van der Waals surface area contributed by atoms with E-state index < -0.39 is 0 Å². The van der Waals surface area contributed by atoms with Gasteiger partial charge in [-0.2, -0.15) is 0 Å². The van der Waals surface area contributed by atoms with Crippen molar-refractivity contribution < 1.29 is 14.6 Å². The second-order valence-corrected chi connectivity index (χ2v) is 3.72. The van der Waals surface area contributed by atoms with Gasteiger partial charge in [0.05, 0.1) is 19.9 Å². The fraction of sp³-hybridized carbons (Fsp3) is 0.500. The van der Waals surface area contributed by atoms with Crippen LogP contribution in [0.3, 0.4) is 0 Å². The Bertz CT molecular complexity index is 377. The van der Waals surface area contributed by atoms with Crippen LogP contribution in [0.25, 0.3) is 0 Å². The average molecular weight is 225 g/mol. The molecule has 0 aromatic heterocycles. The Balaban J connectivity index is 3.40. The van der Waals surface area contributed by atoms with E-state index in [0.29, 0.717) is 0 Å². The van der Waals surface area contributed by atoms with Gasteiger partial charge < -0.3 is 19.5 Å². The van der Waals surface area contributed by atoms with Crippen LogP contribution in [0.4, 0.5) is 5.69 Å². The molecule has 0 fully saturated rings. The molecular weight excluding hydrogens is 206 g/mol. The fourth-order valence-electron chi connectivity index (χ4n) is 1.67. The van der Waals surface area contributed by atoms with E-state index in [1.807, 2.05) is 19.9 Å². The molecular formula is C12H19NO3. The van der Waals surface area contributed by atoms with Gasteiger partial charge in [-0.05, 0) is 25.0 Å². The van der Waals surface area contributed by atoms with E-state index in [1.165, 1.54) is 0 Å². The minimum atomic E-state index is -0.0674. The summed E-state index contributed by atoms with van der Waals surface area (Å²) in [5.74, 6) is 1.57. The van der Waals surface area contributed by atoms with Crippen LogP contribution >= 0.6 is 0 Å². The van der Waals surface area contributed by atoms with E-state index in [2.05, 4.69) is 0 Å². The standard InChI is InChI=1S/C12H19NO3/c1-8-9(2)12(16-5)10(13(3)7-14)6-11(8)15-4/h6,14H,7H2,1-5H3. The molecule has 4 heteroatoms. The first-order valence-electron chi connectivity index (χ1n) is 5.11. The molecule has 0 aliphatic rings. The Morgan fingerprint density at radius 1 is 1.19 bits per heavy atom. The second kappa shape index (κ2) is 5.07. The molecule has 1 aromatic rings. The molecule has 0 saturated carbocycles. The number of ether oxygens (including phenoxy) is 2. The van der Waals surface area contributed by atoms with Crippen LogP contribution < -0.4 is 14.4 Å². The summed E-state index contributed by atoms with van der Waals surface area (Å²) in [4.78, 5) is 1.70. The number of anilines is 1. The highest BCUT2D eigenvalue weighted by atomic mass is 16.5. The van der Waals surface area contributed by atoms with Crippen molar-refractivity contribution in [3.8, 4) is 11.5 Å². The van der Waals surface area contributed by atoms with Crippen molar-refractivity contribution >= 4 is 5.69 Å². The van der Waals surface area contributed by atoms with Crippen LogP contribution in [0.15, 0.2) is 6.07 Å². The van der Waals surface area contributed by atoms with Gasteiger partial charge in [-0.25, -0.2) is 0 Å². The number of nitrogens with zero attached hydrogens (tertiary/aromatic N) is 1. The number of hydrogen-bond donors (Lipinski definition) is 1. The SMILES string of the molecule is COc1cc(N(C)CO)c(OC)c(C)c1C. The molecule has 90 valence electrons. The van der Waals surface area contributed by atoms with Crippen molar-refractivity contribution in [3.63, 3.8) is 0 Å². The minimum absolute atomic E-state index is 0.0674. The summed E-state index contributed by atoms with van der Waals surface area (Å²) in [6, 6.07) is 1.87. The smallest absolute Gasteiger partial charge is 0.145 e. The third kappa shape index (κ3) is 2.07. The molecule has 0 atom stereocenters. The van der Waals surface area contributed by atoms with E-state index >= 15 is 0 Å². The first kappa shape index (κ1) is 12.6. The molecule has 0 radical (unpaired) electrons. The molecule has 16 heavy (non-hydrogen) atoms. The molecule has 1 N–H and O–H groups in total. The molecule has 1 aromatic carbocycles. The molecule has 0 amide bonds. The number of aliphatic hydroxyl groups excluding tert-OH is 1. The Labute approximate surface area is 96.4 Å². The number of hydrogen-bond acceptors (Lipinski definition) is 4. The largest absolute Gasteiger partial charge is 0.496 e. The third-order valence-electron chi connectivity index (χ3n) is 2.82. The van der Waals surface area contributed by atoms with Gasteiger partial charge in [-0.15, -0.1) is 0 Å². The van der Waals surface area contributed by atoms with Crippen LogP contribution in [0, 0.1) is 13.8 Å². The maximum Gasteiger partial charge on any atom is 0.145 e. The fourth-order valence-corrected chi connectivity index (χ4v) is 1.67. The molecule has 0 heterocycles. The lowest BCUT2D eigenvalue weighted by Gasteiger charge is -2.23. The maximum absolute atomic E-state index is 9.16. The predicted molar refractivity (Wildman–Crippen MR) is 64.5 cm³/mol. The van der Waals surface area contributed by atoms with Crippen LogP contribution in [-0.4, -0.2) is 33.1 Å². The third-order valence-corrected chi connectivity index (χ3v) is 2.82. The highest BCUT2D eigenvalue weighted by molar-refractivity contribution is 5.67. The van der Waals surface area contributed by atoms with Gasteiger partial charge in [0.25, 0.3) is 0 Å². The van der Waals surface area contributed by atoms with Crippen molar-refractivity contribution in [1.29, 1.82) is 0 Å². The van der Waals surface area contributed by atoms with Crippen molar-refractivity contribution in [1.82, 2.24) is 0 Å². The number of methoxy groups -OCH3 is 2. The van der Waals surface area contributed by atoms with Crippen LogP contribution in [0.2, 0.25) is 0 Å². The monoisotopic (exact) mass is 225 g/mol. The van der Waals surface area contributed by atoms with Gasteiger partial charge in [0.15, 0.2) is 0 Å². The zero-order valence-electron chi connectivity index (χ0n) is 10.5. The quantitative estimate of drug-likeness (QED) is 0.792. The molecule has 0 unspecified atom stereocenters. The van der Waals surface area contributed by atoms with E-state index in [9.17, 15) is 0 Å². The van der Waals surface area contributed by atoms with Gasteiger partial charge in [-0.3, -0.25) is 0 Å². The minimum Gasteiger partial charge on any atom is -0.496 e. The first-order valence-corrected chi connectivity index (χ1v) is 5.11. The van der Waals surface area contributed by atoms with E-state index in [0.717, 1.165) is 28.3 Å². The van der Waals surface area contributed by atoms with Crippen molar-refractivity contribution in [2.24, 2.45) is 0 Å². The Kier molecular flexibility index (Phi) is 4.01. The van der Waals surface area contributed by atoms with E-state index in [1.54, 1.807) is 26.2 Å². The summed E-state index contributed by atoms with van der Waals surface area (Å²) < 4.78 is 10.7. The van der Waals surface area contributed by atoms with E-state index in [4.69, 9.17) is 14.6 Å². The molecule has 0 bridgehead atoms. The van der Waals surface area contributed by atoms with Crippen molar-refractivity contribution in [2.45, 2.75) is 13.8 Å². The number of rotatable bonds is 4. The van der Waals surface area contributed by atoms with Gasteiger partial charge in [0.2, 0.25) is 0 Å². The summed E-state index contributed by atoms with van der Waals surface area (Å²) in [5.41, 5.74) is 2.90. The lowest BCUT2D eigenvalue weighted by molar-refractivity contribution is 0.296. The summed E-state index contributed by atoms with van der Waals surface area (Å²) in [6.45, 7) is 3.90. The van der Waals surface area contributed by atoms with Gasteiger partial charge in [0, 0.05) is 13.1 Å². The van der Waals surface area contributed by atoms with Gasteiger partial charge >= 0.3 is 0 Å². The van der Waals surface area contributed by atoms with Crippen LogP contribution in [0.1, 0.15) is 11.1 Å². The topological polar surface area (TPSA) is 41.9 Å². The maximum atomic E-state index is 9.16. The average Bonchev–Trinajstić information content (AvgIpc) is 2.31. The van der Waals surface area contributed by atoms with Gasteiger partial charge in [-0.1, -0.05) is 0 Å². The molecule has 0 aliphatic heterocycles. The van der Waals surface area contributed by atoms with Crippen molar-refractivity contribution in [3.05, 3.63) is 17.2 Å². The zero-order chi connectivity index (χ0) is 12.3. The second-order valence-electron chi connectivity index (χ2n) is 3.72. The summed E-state index contributed by atoms with van der Waals surface area (Å²) in [7, 11) is 5.06. The van der Waals surface area contributed by atoms with Crippen molar-refractivity contribution in [2.75, 3.05) is 32.9 Å². The molecule has 4 nitrogen and oxygen atoms in total. The van der Waals surface area contributed by atoms with Gasteiger partial charge in [0.1, 0.15) is 18.2 Å². The summed E-state index contributed by atoms with van der Waals surface area (Å²) >= 11 is 0. The number of aliphatic hydroxyl groups is 1. The molecule has 0 spiro atoms. The predicted octanol–water partition coefficient (Wildman–Crippen LogP) is 1.71. The number of benzene rings is 1. The zero-order valence-corrected chi connectivity index (χ0v) is 10.5.